The van der Waals surface area contributed by atoms with Crippen LogP contribution in [0.3, 0.4) is 0 Å². The van der Waals surface area contributed by atoms with Gasteiger partial charge in [-0.3, -0.25) is 0 Å². The second kappa shape index (κ2) is 3.91. The molecule has 0 aromatic heterocycles. The summed E-state index contributed by atoms with van der Waals surface area (Å²) in [5.74, 6) is 0. The van der Waals surface area contributed by atoms with E-state index >= 15 is 0 Å². The topological polar surface area (TPSA) is 19.9 Å². The van der Waals surface area contributed by atoms with Crippen molar-refractivity contribution in [2.45, 2.75) is 50.8 Å². The standard InChI is InChI=1S/C8H14FO/c9-7-5-3-1-2-4-6-8(7)10/h7-8H,1-6H2. The predicted molar refractivity (Wildman–Crippen MR) is 37.1 cm³/mol. The molecule has 0 aromatic rings. The van der Waals surface area contributed by atoms with Crippen molar-refractivity contribution in [3.8, 4) is 0 Å². The maximum Gasteiger partial charge on any atom is 0.129 e. The molecule has 0 aromatic carbocycles. The molecule has 1 aliphatic carbocycles. The van der Waals surface area contributed by atoms with Crippen molar-refractivity contribution >= 4 is 0 Å². The van der Waals surface area contributed by atoms with E-state index in [-0.39, 0.29) is 0 Å². The number of halogens is 1. The molecule has 0 N–H and O–H groups in total. The molecule has 1 nitrogen and oxygen atoms in total. The highest BCUT2D eigenvalue weighted by Crippen LogP contribution is 2.19. The minimum Gasteiger partial charge on any atom is -0.244 e. The third-order valence-electron chi connectivity index (χ3n) is 2.12. The zero-order valence-electron chi connectivity index (χ0n) is 6.18. The van der Waals surface area contributed by atoms with Crippen LogP contribution in [0, 0.1) is 0 Å². The van der Waals surface area contributed by atoms with Gasteiger partial charge in [0.05, 0.1) is 0 Å². The summed E-state index contributed by atoms with van der Waals surface area (Å²) in [6.45, 7) is 0. The summed E-state index contributed by atoms with van der Waals surface area (Å²) < 4.78 is 12.7. The van der Waals surface area contributed by atoms with Crippen LogP contribution in [0.1, 0.15) is 38.5 Å². The van der Waals surface area contributed by atoms with Gasteiger partial charge < -0.3 is 0 Å². The largest absolute Gasteiger partial charge is 0.244 e. The summed E-state index contributed by atoms with van der Waals surface area (Å²) in [5.41, 5.74) is 0. The van der Waals surface area contributed by atoms with E-state index in [2.05, 4.69) is 0 Å². The van der Waals surface area contributed by atoms with Crippen LogP contribution in [0.4, 0.5) is 4.39 Å². The van der Waals surface area contributed by atoms with Gasteiger partial charge >= 0.3 is 0 Å². The van der Waals surface area contributed by atoms with Crippen LogP contribution >= 0.6 is 0 Å². The van der Waals surface area contributed by atoms with E-state index in [4.69, 9.17) is 0 Å². The zero-order valence-corrected chi connectivity index (χ0v) is 6.18. The zero-order chi connectivity index (χ0) is 7.40. The molecule has 1 radical (unpaired) electrons. The van der Waals surface area contributed by atoms with Gasteiger partial charge in [0, 0.05) is 0 Å². The molecule has 1 saturated carbocycles. The maximum atomic E-state index is 12.7. The van der Waals surface area contributed by atoms with Gasteiger partial charge in [-0.25, -0.2) is 9.50 Å². The fourth-order valence-electron chi connectivity index (χ4n) is 1.41. The van der Waals surface area contributed by atoms with Crippen molar-refractivity contribution in [1.82, 2.24) is 0 Å². The highest BCUT2D eigenvalue weighted by atomic mass is 19.1. The van der Waals surface area contributed by atoms with Gasteiger partial charge in [-0.05, 0) is 12.8 Å². The number of alkyl halides is 1. The smallest absolute Gasteiger partial charge is 0.129 e. The fraction of sp³-hybridized carbons (Fsp3) is 1.00. The van der Waals surface area contributed by atoms with Crippen molar-refractivity contribution in [2.24, 2.45) is 0 Å². The van der Waals surface area contributed by atoms with E-state index in [1.54, 1.807) is 0 Å². The Kier molecular flexibility index (Phi) is 3.13. The minimum atomic E-state index is -1.07. The molecule has 0 saturated heterocycles. The Bertz CT molecular complexity index is 83.3. The van der Waals surface area contributed by atoms with Gasteiger partial charge in [-0.1, -0.05) is 25.7 Å². The SMILES string of the molecule is [O]C1CCCCCCC1F. The Morgan fingerprint density at radius 1 is 1.00 bits per heavy atom. The van der Waals surface area contributed by atoms with Crippen LogP contribution in [0.15, 0.2) is 0 Å². The molecule has 0 bridgehead atoms. The van der Waals surface area contributed by atoms with Gasteiger partial charge in [0.15, 0.2) is 0 Å². The average Bonchev–Trinajstić information content (AvgIpc) is 1.92. The summed E-state index contributed by atoms with van der Waals surface area (Å²) in [7, 11) is 0. The lowest BCUT2D eigenvalue weighted by Crippen LogP contribution is -2.21. The predicted octanol–water partition coefficient (Wildman–Crippen LogP) is 2.48. The third-order valence-corrected chi connectivity index (χ3v) is 2.12. The number of rotatable bonds is 0. The Balaban J connectivity index is 2.28. The van der Waals surface area contributed by atoms with Gasteiger partial charge in [-0.15, -0.1) is 0 Å². The van der Waals surface area contributed by atoms with Crippen LogP contribution < -0.4 is 0 Å². The summed E-state index contributed by atoms with van der Waals surface area (Å²) >= 11 is 0. The highest BCUT2D eigenvalue weighted by molar-refractivity contribution is 4.69. The minimum absolute atomic E-state index is 0.494. The van der Waals surface area contributed by atoms with Crippen LogP contribution in [0.25, 0.3) is 0 Å². The molecule has 0 spiro atoms. The van der Waals surface area contributed by atoms with Crippen molar-refractivity contribution < 1.29 is 9.50 Å². The van der Waals surface area contributed by atoms with E-state index in [0.29, 0.717) is 12.8 Å². The van der Waals surface area contributed by atoms with Crippen LogP contribution in [-0.4, -0.2) is 12.3 Å². The Morgan fingerprint density at radius 3 is 2.30 bits per heavy atom. The van der Waals surface area contributed by atoms with E-state index in [9.17, 15) is 9.50 Å². The summed E-state index contributed by atoms with van der Waals surface area (Å²) in [6.07, 6.45) is 3.09. The summed E-state index contributed by atoms with van der Waals surface area (Å²) in [4.78, 5) is 0. The first-order chi connectivity index (χ1) is 4.80. The first kappa shape index (κ1) is 7.99. The van der Waals surface area contributed by atoms with Crippen LogP contribution in [0.5, 0.6) is 0 Å². The van der Waals surface area contributed by atoms with Gasteiger partial charge in [0.2, 0.25) is 0 Å². The monoisotopic (exact) mass is 145 g/mol. The normalized spacial score (nSPS) is 36.6. The molecule has 1 aliphatic rings. The van der Waals surface area contributed by atoms with Crippen LogP contribution in [0.2, 0.25) is 0 Å². The van der Waals surface area contributed by atoms with E-state index in [1.165, 1.54) is 0 Å². The molecule has 59 valence electrons. The quantitative estimate of drug-likeness (QED) is 0.499. The molecule has 10 heavy (non-hydrogen) atoms. The number of hydrogen-bond donors (Lipinski definition) is 0. The lowest BCUT2D eigenvalue weighted by atomic mass is 9.97. The third kappa shape index (κ3) is 2.25. The molecule has 0 aliphatic heterocycles. The summed E-state index contributed by atoms with van der Waals surface area (Å²) in [6, 6.07) is 0. The second-order valence-electron chi connectivity index (χ2n) is 3.05. The van der Waals surface area contributed by atoms with Gasteiger partial charge in [-0.2, -0.15) is 0 Å². The molecular weight excluding hydrogens is 131 g/mol. The fourth-order valence-corrected chi connectivity index (χ4v) is 1.41. The average molecular weight is 145 g/mol. The molecular formula is C8H14FO. The van der Waals surface area contributed by atoms with E-state index in [0.717, 1.165) is 25.7 Å². The van der Waals surface area contributed by atoms with Crippen molar-refractivity contribution in [1.29, 1.82) is 0 Å². The Labute approximate surface area is 61.2 Å². The lowest BCUT2D eigenvalue weighted by Gasteiger charge is -2.16. The molecule has 2 atom stereocenters. The first-order valence-electron chi connectivity index (χ1n) is 4.10. The van der Waals surface area contributed by atoms with Gasteiger partial charge in [0.1, 0.15) is 12.3 Å². The molecule has 1 rings (SSSR count). The molecule has 0 heterocycles. The van der Waals surface area contributed by atoms with Crippen molar-refractivity contribution in [3.05, 3.63) is 0 Å². The second-order valence-corrected chi connectivity index (χ2v) is 3.05. The number of hydrogen-bond acceptors (Lipinski definition) is 0. The molecule has 1 fully saturated rings. The maximum absolute atomic E-state index is 12.7. The molecule has 2 heteroatoms. The Hall–Kier alpha value is -0.110. The van der Waals surface area contributed by atoms with E-state index < -0.39 is 12.3 Å². The Morgan fingerprint density at radius 2 is 1.60 bits per heavy atom. The van der Waals surface area contributed by atoms with Crippen molar-refractivity contribution in [3.63, 3.8) is 0 Å². The lowest BCUT2D eigenvalue weighted by molar-refractivity contribution is 0.00191. The highest BCUT2D eigenvalue weighted by Gasteiger charge is 2.20. The van der Waals surface area contributed by atoms with E-state index in [1.807, 2.05) is 0 Å². The summed E-state index contributed by atoms with van der Waals surface area (Å²) in [5, 5.41) is 10.9. The molecule has 2 unspecified atom stereocenters. The van der Waals surface area contributed by atoms with Crippen molar-refractivity contribution in [2.75, 3.05) is 0 Å². The molecule has 0 amide bonds. The first-order valence-corrected chi connectivity index (χ1v) is 4.10. The van der Waals surface area contributed by atoms with Crippen LogP contribution in [-0.2, 0) is 5.11 Å². The van der Waals surface area contributed by atoms with Gasteiger partial charge in [0.25, 0.3) is 0 Å².